The van der Waals surface area contributed by atoms with Crippen molar-refractivity contribution in [3.63, 3.8) is 0 Å². The standard InChI is InChI=1S/C22H26Cl2N4O3/c1-4-6-7-16-26-20(24)19(28(16)12-14-8-10-15(23)11-9-14)18-17(21(29)31-5-2)13(3)25-22(30)27-18/h8-11,18H,4-7,12H2,1-3H3,(H2,25,27,30). The Morgan fingerprint density at radius 1 is 1.23 bits per heavy atom. The van der Waals surface area contributed by atoms with Gasteiger partial charge in [0.2, 0.25) is 0 Å². The quantitative estimate of drug-likeness (QED) is 0.550. The summed E-state index contributed by atoms with van der Waals surface area (Å²) >= 11 is 12.6. The molecule has 9 heteroatoms. The molecule has 1 aromatic heterocycles. The fourth-order valence-corrected chi connectivity index (χ4v) is 4.04. The van der Waals surface area contributed by atoms with E-state index in [1.807, 2.05) is 28.8 Å². The van der Waals surface area contributed by atoms with Gasteiger partial charge in [-0.25, -0.2) is 14.6 Å². The molecule has 2 heterocycles. The lowest BCUT2D eigenvalue weighted by molar-refractivity contribution is -0.139. The molecule has 1 unspecified atom stereocenters. The molecule has 0 spiro atoms. The summed E-state index contributed by atoms with van der Waals surface area (Å²) in [6, 6.07) is 6.30. The van der Waals surface area contributed by atoms with Gasteiger partial charge in [0.05, 0.1) is 17.9 Å². The molecule has 166 valence electrons. The molecule has 3 rings (SSSR count). The number of rotatable bonds is 8. The van der Waals surface area contributed by atoms with Crippen LogP contribution >= 0.6 is 23.2 Å². The number of unbranched alkanes of at least 4 members (excludes halogenated alkanes) is 1. The lowest BCUT2D eigenvalue weighted by atomic mass is 10.00. The topological polar surface area (TPSA) is 85.2 Å². The number of amides is 2. The fraction of sp³-hybridized carbons (Fsp3) is 0.409. The van der Waals surface area contributed by atoms with Crippen LogP contribution in [0.2, 0.25) is 10.2 Å². The third-order valence-corrected chi connectivity index (χ3v) is 5.62. The number of imidazole rings is 1. The number of nitrogens with zero attached hydrogens (tertiary/aromatic N) is 2. The van der Waals surface area contributed by atoms with Crippen LogP contribution in [0.25, 0.3) is 0 Å². The first-order chi connectivity index (χ1) is 14.8. The van der Waals surface area contributed by atoms with Gasteiger partial charge in [0.1, 0.15) is 11.9 Å². The molecule has 0 saturated heterocycles. The number of urea groups is 1. The van der Waals surface area contributed by atoms with E-state index in [2.05, 4.69) is 22.5 Å². The van der Waals surface area contributed by atoms with Gasteiger partial charge in [-0.05, 0) is 38.0 Å². The van der Waals surface area contributed by atoms with Crippen LogP contribution in [-0.4, -0.2) is 28.2 Å². The zero-order chi connectivity index (χ0) is 22.5. The molecule has 0 saturated carbocycles. The van der Waals surface area contributed by atoms with E-state index in [4.69, 9.17) is 27.9 Å². The van der Waals surface area contributed by atoms with Crippen molar-refractivity contribution < 1.29 is 14.3 Å². The van der Waals surface area contributed by atoms with E-state index in [-0.39, 0.29) is 11.8 Å². The van der Waals surface area contributed by atoms with Crippen LogP contribution in [0.4, 0.5) is 4.79 Å². The SMILES string of the molecule is CCCCc1nc(Cl)c(C2NC(=O)NC(C)=C2C(=O)OCC)n1Cc1ccc(Cl)cc1. The predicted molar refractivity (Wildman–Crippen MR) is 120 cm³/mol. The summed E-state index contributed by atoms with van der Waals surface area (Å²) in [6.07, 6.45) is 2.66. The van der Waals surface area contributed by atoms with E-state index >= 15 is 0 Å². The van der Waals surface area contributed by atoms with E-state index in [0.717, 1.165) is 30.7 Å². The number of benzene rings is 1. The van der Waals surface area contributed by atoms with E-state index in [1.54, 1.807) is 13.8 Å². The van der Waals surface area contributed by atoms with Gasteiger partial charge >= 0.3 is 12.0 Å². The number of aromatic nitrogens is 2. The maximum absolute atomic E-state index is 12.7. The largest absolute Gasteiger partial charge is 0.463 e. The number of carbonyl (C=O) groups excluding carboxylic acids is 2. The first-order valence-electron chi connectivity index (χ1n) is 10.3. The highest BCUT2D eigenvalue weighted by Gasteiger charge is 2.36. The third kappa shape index (κ3) is 5.22. The van der Waals surface area contributed by atoms with Crippen LogP contribution in [-0.2, 0) is 22.5 Å². The fourth-order valence-electron chi connectivity index (χ4n) is 3.61. The molecule has 1 aliphatic rings. The summed E-state index contributed by atoms with van der Waals surface area (Å²) < 4.78 is 7.22. The summed E-state index contributed by atoms with van der Waals surface area (Å²) in [6.45, 7) is 6.20. The number of esters is 1. The average Bonchev–Trinajstić information content (AvgIpc) is 3.02. The molecule has 1 aliphatic heterocycles. The number of carbonyl (C=O) groups is 2. The average molecular weight is 465 g/mol. The monoisotopic (exact) mass is 464 g/mol. The second-order valence-corrected chi connectivity index (χ2v) is 8.11. The highest BCUT2D eigenvalue weighted by atomic mass is 35.5. The minimum Gasteiger partial charge on any atom is -0.463 e. The zero-order valence-corrected chi connectivity index (χ0v) is 19.3. The molecule has 0 aliphatic carbocycles. The lowest BCUT2D eigenvalue weighted by Gasteiger charge is -2.29. The van der Waals surface area contributed by atoms with E-state index in [1.165, 1.54) is 0 Å². The van der Waals surface area contributed by atoms with Crippen LogP contribution in [0.1, 0.15) is 56.7 Å². The molecule has 0 bridgehead atoms. The van der Waals surface area contributed by atoms with E-state index in [0.29, 0.717) is 28.5 Å². The van der Waals surface area contributed by atoms with Gasteiger partial charge in [0.25, 0.3) is 0 Å². The van der Waals surface area contributed by atoms with E-state index in [9.17, 15) is 9.59 Å². The number of aryl methyl sites for hydroxylation is 1. The summed E-state index contributed by atoms with van der Waals surface area (Å²) in [5.74, 6) is 0.286. The number of hydrogen-bond donors (Lipinski definition) is 2. The number of nitrogens with one attached hydrogen (secondary N) is 2. The smallest absolute Gasteiger partial charge is 0.338 e. The Morgan fingerprint density at radius 2 is 1.94 bits per heavy atom. The normalized spacial score (nSPS) is 16.2. The van der Waals surface area contributed by atoms with Gasteiger partial charge in [-0.2, -0.15) is 0 Å². The molecule has 31 heavy (non-hydrogen) atoms. The van der Waals surface area contributed by atoms with E-state index < -0.39 is 18.0 Å². The molecule has 0 fully saturated rings. The molecule has 2 aromatic rings. The summed E-state index contributed by atoms with van der Waals surface area (Å²) in [4.78, 5) is 29.6. The molecule has 1 aromatic carbocycles. The highest BCUT2D eigenvalue weighted by Crippen LogP contribution is 2.34. The Labute approximate surface area is 191 Å². The van der Waals surface area contributed by atoms with Crippen molar-refractivity contribution in [1.82, 2.24) is 20.2 Å². The van der Waals surface area contributed by atoms with Crippen molar-refractivity contribution in [3.05, 3.63) is 62.8 Å². The molecule has 1 atom stereocenters. The maximum Gasteiger partial charge on any atom is 0.338 e. The molecular weight excluding hydrogens is 439 g/mol. The third-order valence-electron chi connectivity index (χ3n) is 5.09. The minimum absolute atomic E-state index is 0.218. The molecule has 0 radical (unpaired) electrons. The molecule has 2 N–H and O–H groups in total. The van der Waals surface area contributed by atoms with Gasteiger partial charge < -0.3 is 19.9 Å². The van der Waals surface area contributed by atoms with Gasteiger partial charge in [0.15, 0.2) is 5.15 Å². The first kappa shape index (κ1) is 23.2. The molecule has 7 nitrogen and oxygen atoms in total. The second kappa shape index (κ2) is 10.2. The zero-order valence-electron chi connectivity index (χ0n) is 17.8. The summed E-state index contributed by atoms with van der Waals surface area (Å²) in [5.41, 5.74) is 2.29. The molecule has 2 amide bonds. The van der Waals surface area contributed by atoms with Gasteiger partial charge in [-0.3, -0.25) is 0 Å². The Bertz CT molecular complexity index is 999. The van der Waals surface area contributed by atoms with Gasteiger partial charge in [-0.1, -0.05) is 48.7 Å². The highest BCUT2D eigenvalue weighted by molar-refractivity contribution is 6.30. The Balaban J connectivity index is 2.12. The minimum atomic E-state index is -0.782. The number of hydrogen-bond acceptors (Lipinski definition) is 4. The predicted octanol–water partition coefficient (Wildman–Crippen LogP) is 4.77. The van der Waals surface area contributed by atoms with Crippen molar-refractivity contribution in [2.75, 3.05) is 6.61 Å². The Morgan fingerprint density at radius 3 is 2.58 bits per heavy atom. The maximum atomic E-state index is 12.7. The van der Waals surface area contributed by atoms with Crippen LogP contribution in [0.3, 0.4) is 0 Å². The van der Waals surface area contributed by atoms with Crippen LogP contribution in [0, 0.1) is 0 Å². The number of ether oxygens (including phenoxy) is 1. The van der Waals surface area contributed by atoms with Crippen molar-refractivity contribution in [2.45, 2.75) is 52.6 Å². The van der Waals surface area contributed by atoms with Crippen molar-refractivity contribution in [2.24, 2.45) is 0 Å². The second-order valence-electron chi connectivity index (χ2n) is 7.31. The lowest BCUT2D eigenvalue weighted by Crippen LogP contribution is -2.46. The number of allylic oxidation sites excluding steroid dienone is 1. The van der Waals surface area contributed by atoms with Crippen molar-refractivity contribution in [1.29, 1.82) is 0 Å². The van der Waals surface area contributed by atoms with Crippen LogP contribution in [0.15, 0.2) is 35.5 Å². The first-order valence-corrected chi connectivity index (χ1v) is 11.1. The van der Waals surface area contributed by atoms with Gasteiger partial charge in [-0.15, -0.1) is 0 Å². The van der Waals surface area contributed by atoms with Gasteiger partial charge in [0, 0.05) is 23.7 Å². The molecular formula is C22H26Cl2N4O3. The van der Waals surface area contributed by atoms with Crippen LogP contribution in [0.5, 0.6) is 0 Å². The summed E-state index contributed by atoms with van der Waals surface area (Å²) in [5, 5.41) is 6.37. The van der Waals surface area contributed by atoms with Crippen molar-refractivity contribution >= 4 is 35.2 Å². The van der Waals surface area contributed by atoms with Crippen LogP contribution < -0.4 is 10.6 Å². The Hall–Kier alpha value is -2.51. The van der Waals surface area contributed by atoms with Crippen molar-refractivity contribution in [3.8, 4) is 0 Å². The number of halogens is 2. The summed E-state index contributed by atoms with van der Waals surface area (Å²) in [7, 11) is 0. The Kier molecular flexibility index (Phi) is 7.62.